The van der Waals surface area contributed by atoms with E-state index in [1.54, 1.807) is 36.0 Å². The van der Waals surface area contributed by atoms with Gasteiger partial charge in [-0.1, -0.05) is 18.2 Å². The first-order valence-corrected chi connectivity index (χ1v) is 8.45. The SMILES string of the molecule is O=S(=O)(Nc1nc(-c2cccnc2)cs1)c1ccccc1. The van der Waals surface area contributed by atoms with Crippen molar-refractivity contribution in [1.29, 1.82) is 0 Å². The van der Waals surface area contributed by atoms with Crippen molar-refractivity contribution < 1.29 is 8.42 Å². The lowest BCUT2D eigenvalue weighted by Gasteiger charge is -2.04. The number of sulfonamides is 1. The van der Waals surface area contributed by atoms with E-state index < -0.39 is 10.0 Å². The quantitative estimate of drug-likeness (QED) is 0.803. The highest BCUT2D eigenvalue weighted by molar-refractivity contribution is 7.93. The maximum Gasteiger partial charge on any atom is 0.263 e. The second kappa shape index (κ2) is 5.63. The Balaban J connectivity index is 1.85. The fraction of sp³-hybridized carbons (Fsp3) is 0. The van der Waals surface area contributed by atoms with Gasteiger partial charge in [-0.25, -0.2) is 13.4 Å². The molecular weight excluding hydrogens is 306 g/mol. The average molecular weight is 317 g/mol. The summed E-state index contributed by atoms with van der Waals surface area (Å²) in [5.74, 6) is 0. The number of nitrogens with zero attached hydrogens (tertiary/aromatic N) is 2. The van der Waals surface area contributed by atoms with Crippen molar-refractivity contribution in [2.45, 2.75) is 4.90 Å². The van der Waals surface area contributed by atoms with Crippen LogP contribution in [0.2, 0.25) is 0 Å². The van der Waals surface area contributed by atoms with Gasteiger partial charge in [-0.3, -0.25) is 9.71 Å². The third kappa shape index (κ3) is 3.09. The summed E-state index contributed by atoms with van der Waals surface area (Å²) in [6.45, 7) is 0. The van der Waals surface area contributed by atoms with Crippen molar-refractivity contribution in [2.75, 3.05) is 4.72 Å². The van der Waals surface area contributed by atoms with Gasteiger partial charge in [0.05, 0.1) is 10.6 Å². The van der Waals surface area contributed by atoms with Crippen molar-refractivity contribution in [3.05, 3.63) is 60.2 Å². The topological polar surface area (TPSA) is 72.0 Å². The number of hydrogen-bond acceptors (Lipinski definition) is 5. The molecule has 3 rings (SSSR count). The van der Waals surface area contributed by atoms with Crippen LogP contribution >= 0.6 is 11.3 Å². The summed E-state index contributed by atoms with van der Waals surface area (Å²) in [7, 11) is -3.60. The Labute approximate surface area is 126 Å². The molecule has 106 valence electrons. The highest BCUT2D eigenvalue weighted by Gasteiger charge is 2.15. The fourth-order valence-electron chi connectivity index (χ4n) is 1.74. The monoisotopic (exact) mass is 317 g/mol. The van der Waals surface area contributed by atoms with E-state index in [1.807, 2.05) is 12.1 Å². The number of hydrogen-bond donors (Lipinski definition) is 1. The molecule has 0 bridgehead atoms. The van der Waals surface area contributed by atoms with Crippen LogP contribution in [0.5, 0.6) is 0 Å². The van der Waals surface area contributed by atoms with Gasteiger partial charge in [0.1, 0.15) is 0 Å². The molecule has 2 heterocycles. The van der Waals surface area contributed by atoms with Crippen LogP contribution in [0.15, 0.2) is 65.1 Å². The van der Waals surface area contributed by atoms with Gasteiger partial charge >= 0.3 is 0 Å². The molecule has 3 aromatic rings. The van der Waals surface area contributed by atoms with E-state index in [2.05, 4.69) is 14.7 Å². The van der Waals surface area contributed by atoms with Gasteiger partial charge in [0.25, 0.3) is 10.0 Å². The molecule has 0 fully saturated rings. The summed E-state index contributed by atoms with van der Waals surface area (Å²) in [5.41, 5.74) is 1.54. The Morgan fingerprint density at radius 3 is 2.57 bits per heavy atom. The zero-order valence-electron chi connectivity index (χ0n) is 10.8. The predicted molar refractivity (Wildman–Crippen MR) is 82.6 cm³/mol. The molecule has 1 N–H and O–H groups in total. The van der Waals surface area contributed by atoms with E-state index in [1.165, 1.54) is 23.5 Å². The molecule has 7 heteroatoms. The van der Waals surface area contributed by atoms with Crippen LogP contribution in [0, 0.1) is 0 Å². The number of thiazole rings is 1. The third-order valence-electron chi connectivity index (χ3n) is 2.74. The van der Waals surface area contributed by atoms with Crippen LogP contribution in [-0.2, 0) is 10.0 Å². The van der Waals surface area contributed by atoms with Crippen LogP contribution < -0.4 is 4.72 Å². The van der Waals surface area contributed by atoms with Crippen LogP contribution in [0.4, 0.5) is 5.13 Å². The Kier molecular flexibility index (Phi) is 3.68. The van der Waals surface area contributed by atoms with Gasteiger partial charge in [0.2, 0.25) is 0 Å². The largest absolute Gasteiger partial charge is 0.264 e. The molecule has 0 unspecified atom stereocenters. The van der Waals surface area contributed by atoms with Gasteiger partial charge in [0, 0.05) is 23.3 Å². The van der Waals surface area contributed by atoms with E-state index >= 15 is 0 Å². The minimum atomic E-state index is -3.60. The fourth-order valence-corrected chi connectivity index (χ4v) is 3.73. The van der Waals surface area contributed by atoms with Gasteiger partial charge in [-0.2, -0.15) is 0 Å². The minimum absolute atomic E-state index is 0.211. The summed E-state index contributed by atoms with van der Waals surface area (Å²) in [5, 5.41) is 2.12. The first-order chi connectivity index (χ1) is 10.1. The number of nitrogens with one attached hydrogen (secondary N) is 1. The molecule has 0 aliphatic carbocycles. The summed E-state index contributed by atoms with van der Waals surface area (Å²) < 4.78 is 26.9. The van der Waals surface area contributed by atoms with E-state index in [4.69, 9.17) is 0 Å². The Hall–Kier alpha value is -2.25. The van der Waals surface area contributed by atoms with E-state index in [9.17, 15) is 8.42 Å². The molecule has 0 atom stereocenters. The third-order valence-corrected chi connectivity index (χ3v) is 4.98. The van der Waals surface area contributed by atoms with Crippen LogP contribution in [-0.4, -0.2) is 18.4 Å². The number of pyridine rings is 1. The molecule has 5 nitrogen and oxygen atoms in total. The molecule has 0 radical (unpaired) electrons. The Morgan fingerprint density at radius 2 is 1.86 bits per heavy atom. The van der Waals surface area contributed by atoms with Crippen molar-refractivity contribution in [2.24, 2.45) is 0 Å². The summed E-state index contributed by atoms with van der Waals surface area (Å²) in [6, 6.07) is 11.9. The summed E-state index contributed by atoms with van der Waals surface area (Å²) >= 11 is 1.24. The normalized spacial score (nSPS) is 11.2. The van der Waals surface area contributed by atoms with Crippen molar-refractivity contribution in [3.63, 3.8) is 0 Å². The maximum absolute atomic E-state index is 12.2. The van der Waals surface area contributed by atoms with E-state index in [-0.39, 0.29) is 4.90 Å². The number of aromatic nitrogens is 2. The number of rotatable bonds is 4. The van der Waals surface area contributed by atoms with Crippen LogP contribution in [0.3, 0.4) is 0 Å². The van der Waals surface area contributed by atoms with Gasteiger partial charge in [-0.05, 0) is 24.3 Å². The molecule has 2 aromatic heterocycles. The zero-order valence-corrected chi connectivity index (χ0v) is 12.4. The van der Waals surface area contributed by atoms with Gasteiger partial charge < -0.3 is 0 Å². The lowest BCUT2D eigenvalue weighted by atomic mass is 10.2. The van der Waals surface area contributed by atoms with E-state index in [0.717, 1.165) is 5.56 Å². The standard InChI is InChI=1S/C14H11N3O2S2/c18-21(19,12-6-2-1-3-7-12)17-14-16-13(10-20-14)11-5-4-8-15-9-11/h1-10H,(H,16,17). The molecule has 0 aliphatic rings. The Morgan fingerprint density at radius 1 is 1.05 bits per heavy atom. The molecule has 0 saturated heterocycles. The molecule has 0 spiro atoms. The first-order valence-electron chi connectivity index (χ1n) is 6.09. The predicted octanol–water partition coefficient (Wildman–Crippen LogP) is 3.01. The molecule has 0 saturated carbocycles. The summed E-state index contributed by atoms with van der Waals surface area (Å²) in [4.78, 5) is 8.51. The van der Waals surface area contributed by atoms with Crippen LogP contribution in [0.1, 0.15) is 0 Å². The van der Waals surface area contributed by atoms with Gasteiger partial charge in [-0.15, -0.1) is 11.3 Å². The molecule has 0 aliphatic heterocycles. The lowest BCUT2D eigenvalue weighted by Crippen LogP contribution is -2.12. The zero-order chi connectivity index (χ0) is 14.7. The highest BCUT2D eigenvalue weighted by atomic mass is 32.2. The molecular formula is C14H11N3O2S2. The number of anilines is 1. The first kappa shape index (κ1) is 13.7. The maximum atomic E-state index is 12.2. The Bertz CT molecular complexity index is 831. The van der Waals surface area contributed by atoms with E-state index in [0.29, 0.717) is 10.8 Å². The average Bonchev–Trinajstić information content (AvgIpc) is 2.97. The number of benzene rings is 1. The van der Waals surface area contributed by atoms with Crippen molar-refractivity contribution in [1.82, 2.24) is 9.97 Å². The molecule has 1 aromatic carbocycles. The molecule has 0 amide bonds. The van der Waals surface area contributed by atoms with Crippen molar-refractivity contribution >= 4 is 26.5 Å². The van der Waals surface area contributed by atoms with Gasteiger partial charge in [0.15, 0.2) is 5.13 Å². The lowest BCUT2D eigenvalue weighted by molar-refractivity contribution is 0.601. The second-order valence-electron chi connectivity index (χ2n) is 4.20. The van der Waals surface area contributed by atoms with Crippen molar-refractivity contribution in [3.8, 4) is 11.3 Å². The minimum Gasteiger partial charge on any atom is -0.264 e. The smallest absolute Gasteiger partial charge is 0.263 e. The van der Waals surface area contributed by atoms with Crippen LogP contribution in [0.25, 0.3) is 11.3 Å². The highest BCUT2D eigenvalue weighted by Crippen LogP contribution is 2.25. The second-order valence-corrected chi connectivity index (χ2v) is 6.74. The molecule has 21 heavy (non-hydrogen) atoms. The summed E-state index contributed by atoms with van der Waals surface area (Å²) in [6.07, 6.45) is 3.36.